The van der Waals surface area contributed by atoms with Crippen molar-refractivity contribution in [2.45, 2.75) is 234 Å². The molecule has 728 valence electrons. The molecule has 4 aromatic heterocycles. The molecule has 8 aliphatic rings. The Morgan fingerprint density at radius 2 is 0.669 bits per heavy atom. The third-order valence-electron chi connectivity index (χ3n) is 24.9. The predicted molar refractivity (Wildman–Crippen MR) is 455 cm³/mol. The summed E-state index contributed by atoms with van der Waals surface area (Å²) in [6.45, 7) is 32.0. The Morgan fingerprint density at radius 3 is 0.947 bits per heavy atom. The van der Waals surface area contributed by atoms with E-state index in [1.807, 2.05) is 88.0 Å². The summed E-state index contributed by atoms with van der Waals surface area (Å²) in [5.74, 6) is 0.303. The van der Waals surface area contributed by atoms with E-state index in [1.54, 1.807) is 23.6 Å². The number of halogens is 17. The summed E-state index contributed by atoms with van der Waals surface area (Å²) in [6.07, 6.45) is -6.09. The quantitative estimate of drug-likeness (QED) is 0.0596. The van der Waals surface area contributed by atoms with Crippen molar-refractivity contribution in [1.82, 2.24) is 79.1 Å². The second kappa shape index (κ2) is 41.1. The molecule has 133 heavy (non-hydrogen) atoms. The largest absolute Gasteiger partial charge is 0.444 e. The molecule has 43 heteroatoms. The number of aromatic nitrogens is 12. The van der Waals surface area contributed by atoms with Crippen molar-refractivity contribution in [3.05, 3.63) is 141 Å². The van der Waals surface area contributed by atoms with Crippen molar-refractivity contribution in [2.24, 2.45) is 70.8 Å². The first-order chi connectivity index (χ1) is 62.1. The Balaban J connectivity index is 0.000000153. The van der Waals surface area contributed by atoms with Gasteiger partial charge in [-0.2, -0.15) is 93.2 Å². The van der Waals surface area contributed by atoms with Gasteiger partial charge in [0.1, 0.15) is 11.2 Å². The van der Waals surface area contributed by atoms with Crippen LogP contribution in [0.2, 0.25) is 0 Å². The van der Waals surface area contributed by atoms with Gasteiger partial charge in [0.15, 0.2) is 69.9 Å². The van der Waals surface area contributed by atoms with Crippen molar-refractivity contribution in [2.75, 3.05) is 52.4 Å². The van der Waals surface area contributed by atoms with E-state index in [0.717, 1.165) is 96.0 Å². The Kier molecular flexibility index (Phi) is 31.5. The van der Waals surface area contributed by atoms with Crippen molar-refractivity contribution in [3.63, 3.8) is 0 Å². The minimum atomic E-state index is -4.63. The maximum Gasteiger partial charge on any atom is 0.416 e. The molecule has 8 heterocycles. The summed E-state index contributed by atoms with van der Waals surface area (Å²) in [6, 6.07) is 7.50. The number of nitrogens with two attached hydrogens (primary N) is 1. The summed E-state index contributed by atoms with van der Waals surface area (Å²) < 4.78 is 250. The second-order valence-electron chi connectivity index (χ2n) is 38.2. The van der Waals surface area contributed by atoms with Crippen LogP contribution in [0.5, 0.6) is 47.0 Å². The summed E-state index contributed by atoms with van der Waals surface area (Å²) in [5.41, 5.74) is 1.14. The fourth-order valence-corrected chi connectivity index (χ4v) is 18.8. The van der Waals surface area contributed by atoms with Crippen LogP contribution in [0.25, 0.3) is 0 Å². The molecule has 26 nitrogen and oxygen atoms in total. The van der Waals surface area contributed by atoms with Crippen molar-refractivity contribution in [3.8, 4) is 53.2 Å². The van der Waals surface area contributed by atoms with Gasteiger partial charge < -0.3 is 54.2 Å². The van der Waals surface area contributed by atoms with Crippen molar-refractivity contribution < 1.29 is 108 Å². The predicted octanol–water partition coefficient (Wildman–Crippen LogP) is 21.8. The monoisotopic (exact) mass is 1950 g/mol. The third-order valence-corrected chi connectivity index (χ3v) is 25.2. The Morgan fingerprint density at radius 1 is 0.414 bits per heavy atom. The first kappa shape index (κ1) is 102. The standard InChI is InChI=1S/C25H32F4N4O3.C21H23F4N5O.C20H24F4N4O.C12H10BrF4N3O.C12H22N2O2/c1-14(2)33-22(35-20-10-17(25(27,28)29)8-9-19(20)26)30-21(31-33)11-18-15-6-7-16(18)13-32(12-15)23(34)36-24(3,4)5;1-12(2)30-20(31-18-7-15(21(23,24)25)5-6-17(18)22)27-19(28-30)8-16-13-3-4-14(16)10-29(9-13)11-26;1-11(2)28-19(29-17-7-14(20(22,23)24)5-6-16(17)21)26-18(27-28)8-15-12-3-4-13(15)10-25-9-12;1-6(2)20-11(18-10(13)19-20)21-9-5-7(12(15,16)17)3-4-8(9)14;1-12(2,3)16-11(15)14-6-8-4-5-9(7-14)10(8)13/h8-10,14-16,18H,6-7,11-13H2,1-5H3;5-7,12-14,16H,3-4,8-10H2,1-2H3;5-7,11-13,15,25H,3-4,8-10H2,1-2H3;3-6H,1-2H3;8-10H,4-7,13H2,1-3H3/t15-,16+,18?;13-,14+,16?;12-,13+,15?;;8-,9+,10?. The van der Waals surface area contributed by atoms with E-state index in [9.17, 15) is 85.1 Å². The smallest absolute Gasteiger partial charge is 0.416 e. The fraction of sp³-hybridized carbons (Fsp3) is 0.611. The number of hydrogen-bond donors (Lipinski definition) is 2. The van der Waals surface area contributed by atoms with Gasteiger partial charge in [0, 0.05) is 64.6 Å². The molecule has 2 amide bonds. The van der Waals surface area contributed by atoms with Crippen LogP contribution in [0.1, 0.15) is 212 Å². The SMILES string of the molecule is CC(C)(C)OC(=O)N1C[C@H]2CC[C@@H](C1)C2N.CC(C)n1nc(Br)nc1Oc1cc(C(F)(F)F)ccc1F.CC(C)n1nc(CC2[C@@H]3CC[C@H]2CN(C#N)C3)nc1Oc1cc(C(F)(F)F)ccc1F.CC(C)n1nc(CC2[C@@H]3CC[C@H]2CN(C(=O)OC(C)(C)C)C3)nc1Oc1cc(C(F)(F)F)ccc1F.CC(C)n1nc(CC2[C@@H]3CC[C@H]2CNC3)nc1Oc1cc(C(F)(F)F)ccc1F. The molecule has 0 spiro atoms. The number of hydrogen-bond acceptors (Lipinski definition) is 20. The minimum absolute atomic E-state index is 0.00880. The van der Waals surface area contributed by atoms with Crippen LogP contribution in [0, 0.1) is 99.8 Å². The van der Waals surface area contributed by atoms with E-state index in [4.69, 9.17) is 34.2 Å². The average molecular weight is 1960 g/mol. The molecule has 8 fully saturated rings. The van der Waals surface area contributed by atoms with Crippen LogP contribution in [-0.2, 0) is 53.4 Å². The molecular weight excluding hydrogens is 1840 g/mol. The van der Waals surface area contributed by atoms with Gasteiger partial charge >= 0.3 is 60.9 Å². The van der Waals surface area contributed by atoms with E-state index < -0.39 is 104 Å². The van der Waals surface area contributed by atoms with E-state index in [-0.39, 0.29) is 82.9 Å². The maximum absolute atomic E-state index is 14.3. The van der Waals surface area contributed by atoms with Gasteiger partial charge in [0.25, 0.3) is 0 Å². The topological polar surface area (TPSA) is 284 Å². The molecule has 8 bridgehead atoms. The lowest BCUT2D eigenvalue weighted by Gasteiger charge is -2.38. The highest BCUT2D eigenvalue weighted by Crippen LogP contribution is 2.49. The molecule has 4 aromatic carbocycles. The molecule has 8 aromatic rings. The van der Waals surface area contributed by atoms with Crippen LogP contribution in [0.3, 0.4) is 0 Å². The van der Waals surface area contributed by atoms with Gasteiger partial charge in [-0.05, 0) is 315 Å². The molecule has 4 saturated carbocycles. The molecule has 4 saturated heterocycles. The van der Waals surface area contributed by atoms with Crippen LogP contribution in [0.4, 0.5) is 79.8 Å². The highest BCUT2D eigenvalue weighted by atomic mass is 79.9. The third kappa shape index (κ3) is 25.9. The lowest BCUT2D eigenvalue weighted by Crippen LogP contribution is -2.51. The molecular formula is C90H111BrF16N18O8. The lowest BCUT2D eigenvalue weighted by atomic mass is 9.82. The minimum Gasteiger partial charge on any atom is -0.444 e. The van der Waals surface area contributed by atoms with Crippen LogP contribution in [-0.4, -0.2) is 156 Å². The molecule has 12 atom stereocenters. The molecule has 16 rings (SSSR count). The number of benzene rings is 4. The Labute approximate surface area is 767 Å². The number of fused-ring (bicyclic) bond motifs is 8. The van der Waals surface area contributed by atoms with Crippen LogP contribution >= 0.6 is 15.9 Å². The molecule has 4 aliphatic heterocycles. The number of rotatable bonds is 18. The van der Waals surface area contributed by atoms with E-state index in [0.29, 0.717) is 158 Å². The van der Waals surface area contributed by atoms with E-state index in [1.165, 1.54) is 31.6 Å². The highest BCUT2D eigenvalue weighted by Gasteiger charge is 2.48. The number of nitrogens with zero attached hydrogens (tertiary/aromatic N) is 16. The fourth-order valence-electron chi connectivity index (χ4n) is 18.4. The summed E-state index contributed by atoms with van der Waals surface area (Å²) in [5, 5.41) is 30.1. The van der Waals surface area contributed by atoms with Crippen molar-refractivity contribution in [1.29, 1.82) is 5.26 Å². The number of carbonyl (C=O) groups is 2. The number of carbonyl (C=O) groups excluding carboxylic acids is 2. The normalized spacial score (nSPS) is 22.7. The zero-order valence-electron chi connectivity index (χ0n) is 76.0. The molecule has 4 aliphatic carbocycles. The Hall–Kier alpha value is -10.3. The van der Waals surface area contributed by atoms with Gasteiger partial charge in [-0.15, -0.1) is 5.10 Å². The zero-order chi connectivity index (χ0) is 97.2. The summed E-state index contributed by atoms with van der Waals surface area (Å²) in [7, 11) is 0. The first-order valence-corrected chi connectivity index (χ1v) is 45.2. The summed E-state index contributed by atoms with van der Waals surface area (Å²) >= 11 is 3.03. The summed E-state index contributed by atoms with van der Waals surface area (Å²) in [4.78, 5) is 47.0. The maximum atomic E-state index is 14.3. The highest BCUT2D eigenvalue weighted by molar-refractivity contribution is 9.10. The molecule has 3 N–H and O–H groups in total. The number of amides is 2. The number of piperidine rings is 4. The van der Waals surface area contributed by atoms with E-state index >= 15 is 0 Å². The second-order valence-corrected chi connectivity index (χ2v) is 38.9. The Bertz CT molecular complexity index is 5330. The van der Waals surface area contributed by atoms with Gasteiger partial charge in [-0.1, -0.05) is 0 Å². The van der Waals surface area contributed by atoms with Gasteiger partial charge in [-0.25, -0.2) is 45.9 Å². The number of ether oxygens (including phenoxy) is 6. The average Bonchev–Trinajstić information content (AvgIpc) is 1.63. The van der Waals surface area contributed by atoms with Crippen molar-refractivity contribution >= 4 is 28.1 Å². The molecule has 4 unspecified atom stereocenters. The van der Waals surface area contributed by atoms with Gasteiger partial charge in [0.05, 0.1) is 46.4 Å². The number of nitrogens with one attached hydrogen (secondary N) is 1. The van der Waals surface area contributed by atoms with Gasteiger partial charge in [-0.3, -0.25) is 0 Å². The lowest BCUT2D eigenvalue weighted by molar-refractivity contribution is -0.138. The number of likely N-dealkylation sites (tertiary alicyclic amines) is 3. The van der Waals surface area contributed by atoms with Gasteiger partial charge in [0.2, 0.25) is 4.73 Å². The zero-order valence-corrected chi connectivity index (χ0v) is 77.6. The number of nitriles is 1. The van der Waals surface area contributed by atoms with Crippen LogP contribution < -0.4 is 30.0 Å². The first-order valence-electron chi connectivity index (χ1n) is 44.4. The number of alkyl halides is 12. The van der Waals surface area contributed by atoms with Crippen LogP contribution in [0.15, 0.2) is 77.5 Å². The van der Waals surface area contributed by atoms with E-state index in [2.05, 4.69) is 67.8 Å². The molecule has 0 radical (unpaired) electrons.